The molecule has 0 aliphatic rings. The number of rotatable bonds is 10. The lowest BCUT2D eigenvalue weighted by molar-refractivity contribution is -0.115. The Kier molecular flexibility index (Phi) is 12.9. The molecule has 0 aliphatic heterocycles. The minimum absolute atomic E-state index is 0. The first kappa shape index (κ1) is 27.3. The number of methoxy groups -OCH3 is 1. The van der Waals surface area contributed by atoms with Crippen LogP contribution in [0.1, 0.15) is 23.6 Å². The molecule has 0 saturated heterocycles. The average molecular weight is 550 g/mol. The first-order valence-electron chi connectivity index (χ1n) is 10.2. The van der Waals surface area contributed by atoms with Gasteiger partial charge in [-0.05, 0) is 43.7 Å². The van der Waals surface area contributed by atoms with Crippen molar-refractivity contribution < 1.29 is 14.3 Å². The van der Waals surface area contributed by atoms with Crippen molar-refractivity contribution >= 4 is 41.5 Å². The van der Waals surface area contributed by atoms with Gasteiger partial charge in [0, 0.05) is 30.5 Å². The summed E-state index contributed by atoms with van der Waals surface area (Å²) in [5.74, 6) is 3.68. The van der Waals surface area contributed by atoms with Crippen LogP contribution in [0.15, 0.2) is 47.5 Å². The van der Waals surface area contributed by atoms with E-state index in [9.17, 15) is 4.79 Å². The second-order valence-electron chi connectivity index (χ2n) is 6.77. The standard InChI is InChI=1S/C24H30N4O3.HI/c1-5-19-8-7-9-21(15-19)28-23(29)17-27-24(25-6-2)26-16-20-11-10-18(3)14-22(20)31-13-12-30-4;/h1,7-11,14-15H,6,12-13,16-17H2,2-4H3,(H,28,29)(H2,25,26,27);1H. The van der Waals surface area contributed by atoms with Gasteiger partial charge in [-0.3, -0.25) is 4.79 Å². The first-order valence-corrected chi connectivity index (χ1v) is 10.2. The van der Waals surface area contributed by atoms with Gasteiger partial charge in [0.15, 0.2) is 5.96 Å². The molecule has 0 aromatic heterocycles. The number of nitrogens with one attached hydrogen (secondary N) is 3. The number of nitrogens with zero attached hydrogens (tertiary/aromatic N) is 1. The van der Waals surface area contributed by atoms with Gasteiger partial charge in [-0.2, -0.15) is 0 Å². The van der Waals surface area contributed by atoms with Gasteiger partial charge in [0.1, 0.15) is 12.4 Å². The molecular weight excluding hydrogens is 519 g/mol. The fourth-order valence-corrected chi connectivity index (χ4v) is 2.72. The molecule has 0 heterocycles. The predicted molar refractivity (Wildman–Crippen MR) is 140 cm³/mol. The second-order valence-corrected chi connectivity index (χ2v) is 6.77. The Morgan fingerprint density at radius 2 is 1.97 bits per heavy atom. The maximum Gasteiger partial charge on any atom is 0.243 e. The quantitative estimate of drug-likeness (QED) is 0.139. The number of benzene rings is 2. The van der Waals surface area contributed by atoms with E-state index in [1.54, 1.807) is 25.3 Å². The Morgan fingerprint density at radius 1 is 1.16 bits per heavy atom. The molecule has 0 aliphatic carbocycles. The van der Waals surface area contributed by atoms with E-state index in [2.05, 4.69) is 26.9 Å². The molecule has 2 aromatic rings. The normalized spacial score (nSPS) is 10.5. The molecule has 3 N–H and O–H groups in total. The number of halogens is 1. The van der Waals surface area contributed by atoms with Gasteiger partial charge in [0.05, 0.1) is 19.7 Å². The molecule has 0 saturated carbocycles. The molecule has 0 bridgehead atoms. The average Bonchev–Trinajstić information content (AvgIpc) is 2.77. The van der Waals surface area contributed by atoms with Crippen molar-refractivity contribution in [2.45, 2.75) is 20.4 Å². The van der Waals surface area contributed by atoms with Gasteiger partial charge in [-0.1, -0.05) is 24.1 Å². The molecule has 172 valence electrons. The van der Waals surface area contributed by atoms with E-state index >= 15 is 0 Å². The van der Waals surface area contributed by atoms with Crippen LogP contribution in [0.5, 0.6) is 5.75 Å². The van der Waals surface area contributed by atoms with Crippen LogP contribution in [0.2, 0.25) is 0 Å². The Balaban J connectivity index is 0.00000512. The van der Waals surface area contributed by atoms with Crippen LogP contribution in [0.25, 0.3) is 0 Å². The number of hydrogen-bond donors (Lipinski definition) is 3. The Morgan fingerprint density at radius 3 is 2.69 bits per heavy atom. The summed E-state index contributed by atoms with van der Waals surface area (Å²) in [4.78, 5) is 16.9. The van der Waals surface area contributed by atoms with Gasteiger partial charge in [-0.15, -0.1) is 30.4 Å². The molecule has 2 rings (SSSR count). The third-order valence-electron chi connectivity index (χ3n) is 4.25. The lowest BCUT2D eigenvalue weighted by Gasteiger charge is -2.14. The van der Waals surface area contributed by atoms with Gasteiger partial charge in [0.2, 0.25) is 5.91 Å². The van der Waals surface area contributed by atoms with Crippen molar-refractivity contribution in [2.24, 2.45) is 4.99 Å². The van der Waals surface area contributed by atoms with Gasteiger partial charge in [-0.25, -0.2) is 4.99 Å². The number of amides is 1. The zero-order valence-electron chi connectivity index (χ0n) is 18.7. The van der Waals surface area contributed by atoms with Crippen LogP contribution in [-0.2, 0) is 16.1 Å². The van der Waals surface area contributed by atoms with Crippen molar-refractivity contribution in [1.29, 1.82) is 0 Å². The highest BCUT2D eigenvalue weighted by Crippen LogP contribution is 2.21. The third-order valence-corrected chi connectivity index (χ3v) is 4.25. The molecule has 7 nitrogen and oxygen atoms in total. The molecule has 0 radical (unpaired) electrons. The largest absolute Gasteiger partial charge is 0.491 e. The highest BCUT2D eigenvalue weighted by molar-refractivity contribution is 14.0. The smallest absolute Gasteiger partial charge is 0.243 e. The maximum absolute atomic E-state index is 12.3. The fourth-order valence-electron chi connectivity index (χ4n) is 2.72. The third kappa shape index (κ3) is 9.58. The zero-order valence-corrected chi connectivity index (χ0v) is 21.1. The fraction of sp³-hybridized carbons (Fsp3) is 0.333. The van der Waals surface area contributed by atoms with Crippen molar-refractivity contribution in [3.8, 4) is 18.1 Å². The van der Waals surface area contributed by atoms with E-state index in [1.165, 1.54) is 0 Å². The molecule has 0 atom stereocenters. The minimum Gasteiger partial charge on any atom is -0.491 e. The monoisotopic (exact) mass is 550 g/mol. The van der Waals surface area contributed by atoms with Gasteiger partial charge in [0.25, 0.3) is 0 Å². The van der Waals surface area contributed by atoms with Crippen LogP contribution in [0.4, 0.5) is 5.69 Å². The highest BCUT2D eigenvalue weighted by atomic mass is 127. The summed E-state index contributed by atoms with van der Waals surface area (Å²) in [6, 6.07) is 13.2. The lowest BCUT2D eigenvalue weighted by atomic mass is 10.1. The predicted octanol–water partition coefficient (Wildman–Crippen LogP) is 3.31. The molecule has 0 fully saturated rings. The van der Waals surface area contributed by atoms with Gasteiger partial charge >= 0.3 is 0 Å². The van der Waals surface area contributed by atoms with E-state index in [4.69, 9.17) is 15.9 Å². The molecule has 0 spiro atoms. The number of anilines is 1. The molecule has 32 heavy (non-hydrogen) atoms. The van der Waals surface area contributed by atoms with Crippen molar-refractivity contribution in [1.82, 2.24) is 10.6 Å². The number of carbonyl (C=O) groups is 1. The van der Waals surface area contributed by atoms with E-state index < -0.39 is 0 Å². The number of terminal acetylenes is 1. The molecule has 0 unspecified atom stereocenters. The summed E-state index contributed by atoms with van der Waals surface area (Å²) in [5, 5.41) is 9.01. The molecule has 8 heteroatoms. The lowest BCUT2D eigenvalue weighted by Crippen LogP contribution is -2.41. The van der Waals surface area contributed by atoms with Crippen molar-refractivity contribution in [3.05, 3.63) is 59.2 Å². The van der Waals surface area contributed by atoms with E-state index in [0.29, 0.717) is 43.5 Å². The minimum atomic E-state index is -0.196. The summed E-state index contributed by atoms with van der Waals surface area (Å²) < 4.78 is 10.9. The van der Waals surface area contributed by atoms with E-state index in [-0.39, 0.29) is 36.4 Å². The van der Waals surface area contributed by atoms with Crippen LogP contribution >= 0.6 is 24.0 Å². The molecule has 1 amide bonds. The number of carbonyl (C=O) groups excluding carboxylic acids is 1. The Labute approximate surface area is 207 Å². The number of guanidine groups is 1. The SMILES string of the molecule is C#Cc1cccc(NC(=O)CNC(=NCc2ccc(C)cc2OCCOC)NCC)c1.I. The Hall–Kier alpha value is -2.77. The number of ether oxygens (including phenoxy) is 2. The number of aryl methyl sites for hydroxylation is 1. The van der Waals surface area contributed by atoms with Crippen LogP contribution in [0, 0.1) is 19.3 Å². The topological polar surface area (TPSA) is 84.0 Å². The highest BCUT2D eigenvalue weighted by Gasteiger charge is 2.07. The van der Waals surface area contributed by atoms with E-state index in [0.717, 1.165) is 16.9 Å². The summed E-state index contributed by atoms with van der Waals surface area (Å²) in [7, 11) is 1.64. The Bertz CT molecular complexity index is 941. The van der Waals surface area contributed by atoms with Crippen LogP contribution < -0.4 is 20.7 Å². The van der Waals surface area contributed by atoms with Crippen molar-refractivity contribution in [3.63, 3.8) is 0 Å². The van der Waals surface area contributed by atoms with Crippen molar-refractivity contribution in [2.75, 3.05) is 38.7 Å². The summed E-state index contributed by atoms with van der Waals surface area (Å²) >= 11 is 0. The second kappa shape index (κ2) is 15.1. The number of aliphatic imine (C=N–C) groups is 1. The number of hydrogen-bond acceptors (Lipinski definition) is 4. The molecular formula is C24H31IN4O3. The first-order chi connectivity index (χ1) is 15.0. The van der Waals surface area contributed by atoms with Crippen LogP contribution in [0.3, 0.4) is 0 Å². The molecule has 2 aromatic carbocycles. The summed E-state index contributed by atoms with van der Waals surface area (Å²) in [6.07, 6.45) is 5.40. The van der Waals surface area contributed by atoms with Crippen LogP contribution in [-0.4, -0.2) is 45.3 Å². The summed E-state index contributed by atoms with van der Waals surface area (Å²) in [6.45, 7) is 6.10. The van der Waals surface area contributed by atoms with E-state index in [1.807, 2.05) is 38.1 Å². The maximum atomic E-state index is 12.3. The van der Waals surface area contributed by atoms with Gasteiger partial charge < -0.3 is 25.4 Å². The summed E-state index contributed by atoms with van der Waals surface area (Å²) in [5.41, 5.74) is 3.43. The zero-order chi connectivity index (χ0) is 22.5.